The summed E-state index contributed by atoms with van der Waals surface area (Å²) in [5.41, 5.74) is 8.05. The van der Waals surface area contributed by atoms with E-state index >= 15 is 0 Å². The summed E-state index contributed by atoms with van der Waals surface area (Å²) in [6.07, 6.45) is 5.83. The van der Waals surface area contributed by atoms with Gasteiger partial charge in [-0.3, -0.25) is 10.2 Å². The average Bonchev–Trinajstić information content (AvgIpc) is 2.74. The highest BCUT2D eigenvalue weighted by atomic mass is 32.2. The number of benzene rings is 2. The number of nitrogen functional groups attached to an aromatic ring is 1. The smallest absolute Gasteiger partial charge is 0.256 e. The zero-order valence-corrected chi connectivity index (χ0v) is 17.4. The summed E-state index contributed by atoms with van der Waals surface area (Å²) >= 11 is 0. The summed E-state index contributed by atoms with van der Waals surface area (Å²) in [6.45, 7) is 0. The van der Waals surface area contributed by atoms with Crippen LogP contribution in [-0.4, -0.2) is 30.1 Å². The zero-order valence-electron chi connectivity index (χ0n) is 16.5. The lowest BCUT2D eigenvalue weighted by Crippen LogP contribution is -2.50. The molecule has 0 atom stereocenters. The van der Waals surface area contributed by atoms with E-state index in [1.165, 1.54) is 24.3 Å². The number of thiol groups is 1. The Labute approximate surface area is 181 Å². The summed E-state index contributed by atoms with van der Waals surface area (Å²) in [6, 6.07) is 13.5. The van der Waals surface area contributed by atoms with Crippen LogP contribution in [0, 0.1) is 5.41 Å². The Kier molecular flexibility index (Phi) is 5.51. The maximum atomic E-state index is 12.6. The second-order valence-corrected chi connectivity index (χ2v) is 8.51. The lowest BCUT2D eigenvalue weighted by molar-refractivity contribution is 0.0972. The number of carbonyl (C=O) groups excluding carboxylic acids is 1. The fraction of sp³-hybridized carbons (Fsp3) is 0.182. The molecule has 158 valence electrons. The average molecular weight is 436 g/mol. The molecule has 1 heterocycles. The molecule has 1 aliphatic rings. The number of carbonyl (C=O) groups is 1. The molecule has 1 saturated carbocycles. The number of nitrogens with one attached hydrogen (secondary N) is 2. The number of nitrogens with zero attached hydrogens (tertiary/aromatic N) is 2. The molecule has 0 spiro atoms. The molecule has 1 fully saturated rings. The number of amides is 1. The number of hydrogen-bond donors (Lipinski definition) is 4. The lowest BCUT2D eigenvalue weighted by Gasteiger charge is -2.42. The topological polar surface area (TPSA) is 139 Å². The zero-order chi connectivity index (χ0) is 22.0. The van der Waals surface area contributed by atoms with Gasteiger partial charge in [-0.2, -0.15) is 0 Å². The fourth-order valence-electron chi connectivity index (χ4n) is 3.72. The predicted molar refractivity (Wildman–Crippen MR) is 118 cm³/mol. The summed E-state index contributed by atoms with van der Waals surface area (Å²) < 4.78 is 22.0. The molecule has 4 N–H and O–H groups in total. The van der Waals surface area contributed by atoms with Gasteiger partial charge in [0.2, 0.25) is 5.95 Å². The van der Waals surface area contributed by atoms with E-state index < -0.39 is 22.0 Å². The van der Waals surface area contributed by atoms with Crippen molar-refractivity contribution in [2.24, 2.45) is 0 Å². The summed E-state index contributed by atoms with van der Waals surface area (Å²) in [4.78, 5) is 20.8. The van der Waals surface area contributed by atoms with E-state index in [0.717, 1.165) is 36.0 Å². The Morgan fingerprint density at radius 2 is 1.58 bits per heavy atom. The molecule has 31 heavy (non-hydrogen) atoms. The first-order valence-electron chi connectivity index (χ1n) is 9.72. The molecule has 1 aromatic heterocycles. The van der Waals surface area contributed by atoms with Gasteiger partial charge in [-0.05, 0) is 48.2 Å². The Balaban J connectivity index is 1.52. The maximum absolute atomic E-state index is 12.6. The van der Waals surface area contributed by atoms with Crippen molar-refractivity contribution in [3.8, 4) is 11.1 Å². The van der Waals surface area contributed by atoms with Crippen molar-refractivity contribution >= 4 is 28.4 Å². The molecule has 0 saturated heterocycles. The van der Waals surface area contributed by atoms with E-state index in [4.69, 9.17) is 11.1 Å². The Bertz CT molecular complexity index is 1190. The van der Waals surface area contributed by atoms with E-state index in [2.05, 4.69) is 15.3 Å². The van der Waals surface area contributed by atoms with Crippen LogP contribution in [0.15, 0.2) is 65.8 Å². The Morgan fingerprint density at radius 1 is 0.968 bits per heavy atom. The van der Waals surface area contributed by atoms with Crippen molar-refractivity contribution in [2.75, 3.05) is 5.73 Å². The quantitative estimate of drug-likeness (QED) is 0.276. The van der Waals surface area contributed by atoms with Crippen molar-refractivity contribution < 1.29 is 13.2 Å². The van der Waals surface area contributed by atoms with Crippen LogP contribution in [-0.2, 0) is 16.1 Å². The van der Waals surface area contributed by atoms with Crippen LogP contribution < -0.4 is 11.1 Å². The first-order chi connectivity index (χ1) is 14.9. The second kappa shape index (κ2) is 8.27. The predicted octanol–water partition coefficient (Wildman–Crippen LogP) is 2.53. The minimum Gasteiger partial charge on any atom is -0.368 e. The fourth-order valence-corrected chi connectivity index (χ4v) is 4.11. The largest absolute Gasteiger partial charge is 0.368 e. The van der Waals surface area contributed by atoms with Gasteiger partial charge in [-0.25, -0.2) is 18.4 Å². The van der Waals surface area contributed by atoms with Gasteiger partial charge in [0.1, 0.15) is 5.84 Å². The van der Waals surface area contributed by atoms with Gasteiger partial charge in [0.25, 0.3) is 5.91 Å². The van der Waals surface area contributed by atoms with E-state index in [-0.39, 0.29) is 16.7 Å². The third-order valence-electron chi connectivity index (χ3n) is 5.71. The van der Waals surface area contributed by atoms with E-state index in [0.29, 0.717) is 5.56 Å². The van der Waals surface area contributed by atoms with Crippen LogP contribution in [0.4, 0.5) is 5.95 Å². The number of amidine groups is 1. The molecule has 0 bridgehead atoms. The van der Waals surface area contributed by atoms with Gasteiger partial charge in [-0.15, -0.1) is 0 Å². The van der Waals surface area contributed by atoms with Crippen LogP contribution in [0.25, 0.3) is 11.1 Å². The Morgan fingerprint density at radius 3 is 2.10 bits per heavy atom. The first-order valence-corrected chi connectivity index (χ1v) is 10.9. The third-order valence-corrected chi connectivity index (χ3v) is 6.43. The van der Waals surface area contributed by atoms with Gasteiger partial charge in [0.15, 0.2) is 10.7 Å². The first kappa shape index (κ1) is 20.7. The minimum atomic E-state index is -2.70. The molecule has 2 aromatic carbocycles. The van der Waals surface area contributed by atoms with Crippen molar-refractivity contribution in [3.05, 3.63) is 72.1 Å². The highest BCUT2D eigenvalue weighted by Crippen LogP contribution is 2.44. The van der Waals surface area contributed by atoms with Crippen LogP contribution in [0.5, 0.6) is 0 Å². The second-order valence-electron chi connectivity index (χ2n) is 7.48. The molecule has 1 amide bonds. The molecular formula is C22H21N5O3S. The molecule has 1 aliphatic carbocycles. The standard InChI is InChI=1S/C22H21N5O3S/c23-20(27-19(28)15-4-8-18(9-5-15)31(29)30)22(10-1-11-22)17-6-2-14(3-7-17)16-12-25-21(24)26-13-16/h2-9,12-13,31H,1,10-11H2,(H2,23,27,28)(H2,24,25,26). The molecule has 0 radical (unpaired) electrons. The molecule has 4 rings (SSSR count). The highest BCUT2D eigenvalue weighted by molar-refractivity contribution is 7.72. The number of hydrogen-bond acceptors (Lipinski definition) is 7. The van der Waals surface area contributed by atoms with Crippen molar-refractivity contribution in [1.29, 1.82) is 5.41 Å². The number of anilines is 1. The van der Waals surface area contributed by atoms with Gasteiger partial charge < -0.3 is 11.1 Å². The molecule has 0 unspecified atom stereocenters. The minimum absolute atomic E-state index is 0.142. The van der Waals surface area contributed by atoms with E-state index in [1.807, 2.05) is 24.3 Å². The number of aromatic nitrogens is 2. The number of nitrogens with two attached hydrogens (primary N) is 1. The van der Waals surface area contributed by atoms with Crippen LogP contribution in [0.1, 0.15) is 35.2 Å². The SMILES string of the molecule is N=C(NC(=O)c1ccc([SH](=O)=O)cc1)C1(c2ccc(-c3cnc(N)nc3)cc2)CCC1. The summed E-state index contributed by atoms with van der Waals surface area (Å²) in [7, 11) is -2.70. The van der Waals surface area contributed by atoms with Crippen LogP contribution in [0.2, 0.25) is 0 Å². The van der Waals surface area contributed by atoms with Crippen LogP contribution in [0.3, 0.4) is 0 Å². The maximum Gasteiger partial charge on any atom is 0.256 e. The van der Waals surface area contributed by atoms with Gasteiger partial charge in [0.05, 0.1) is 10.3 Å². The van der Waals surface area contributed by atoms with E-state index in [1.54, 1.807) is 12.4 Å². The summed E-state index contributed by atoms with van der Waals surface area (Å²) in [5, 5.41) is 11.3. The van der Waals surface area contributed by atoms with Crippen molar-refractivity contribution in [2.45, 2.75) is 29.6 Å². The number of rotatable bonds is 5. The van der Waals surface area contributed by atoms with Gasteiger partial charge in [0, 0.05) is 23.5 Å². The molecule has 3 aromatic rings. The normalized spacial score (nSPS) is 14.6. The van der Waals surface area contributed by atoms with Crippen LogP contribution >= 0.6 is 0 Å². The van der Waals surface area contributed by atoms with Gasteiger partial charge in [-0.1, -0.05) is 30.7 Å². The van der Waals surface area contributed by atoms with Crippen molar-refractivity contribution in [3.63, 3.8) is 0 Å². The highest BCUT2D eigenvalue weighted by Gasteiger charge is 2.43. The van der Waals surface area contributed by atoms with Crippen molar-refractivity contribution in [1.82, 2.24) is 15.3 Å². The lowest BCUT2D eigenvalue weighted by atomic mass is 9.63. The monoisotopic (exact) mass is 435 g/mol. The molecule has 8 nitrogen and oxygen atoms in total. The van der Waals surface area contributed by atoms with E-state index in [9.17, 15) is 13.2 Å². The third kappa shape index (κ3) is 4.04. The molecule has 0 aliphatic heterocycles. The Hall–Kier alpha value is -3.59. The van der Waals surface area contributed by atoms with Gasteiger partial charge >= 0.3 is 0 Å². The molecule has 9 heteroatoms. The molecular weight excluding hydrogens is 414 g/mol. The summed E-state index contributed by atoms with van der Waals surface area (Å²) in [5.74, 6) is -0.0691.